The summed E-state index contributed by atoms with van der Waals surface area (Å²) in [7, 11) is 0. The number of hydrogen-bond donors (Lipinski definition) is 1. The van der Waals surface area contributed by atoms with Crippen molar-refractivity contribution in [3.05, 3.63) is 0 Å². The van der Waals surface area contributed by atoms with E-state index in [9.17, 15) is 4.79 Å². The Morgan fingerprint density at radius 3 is 2.44 bits per heavy atom. The fourth-order valence-corrected chi connectivity index (χ4v) is 2.75. The average Bonchev–Trinajstić information content (AvgIpc) is 2.61. The summed E-state index contributed by atoms with van der Waals surface area (Å²) in [6.45, 7) is 14.5. The standard InChI is InChI=1S/C14H29N3O/c1-6-15-13-7-8-16(14(13)18)9-10-17(11(2)3)12(4)5/h11-13,15H,6-10H2,1-5H3. The summed E-state index contributed by atoms with van der Waals surface area (Å²) in [5, 5.41) is 3.25. The molecule has 1 aliphatic rings. The summed E-state index contributed by atoms with van der Waals surface area (Å²) in [6.07, 6.45) is 0.954. The molecule has 1 aliphatic heterocycles. The normalized spacial score (nSPS) is 20.8. The number of likely N-dealkylation sites (N-methyl/N-ethyl adjacent to an activating group) is 1. The van der Waals surface area contributed by atoms with E-state index < -0.39 is 0 Å². The van der Waals surface area contributed by atoms with Crippen molar-refractivity contribution in [2.45, 2.75) is 59.2 Å². The van der Waals surface area contributed by atoms with Crippen LogP contribution in [0.3, 0.4) is 0 Å². The number of amides is 1. The fraction of sp³-hybridized carbons (Fsp3) is 0.929. The third-order valence-corrected chi connectivity index (χ3v) is 3.70. The molecule has 0 spiro atoms. The van der Waals surface area contributed by atoms with Gasteiger partial charge < -0.3 is 10.2 Å². The molecule has 0 saturated carbocycles. The van der Waals surface area contributed by atoms with Gasteiger partial charge in [0.2, 0.25) is 5.91 Å². The van der Waals surface area contributed by atoms with E-state index in [4.69, 9.17) is 0 Å². The van der Waals surface area contributed by atoms with E-state index in [-0.39, 0.29) is 11.9 Å². The molecule has 1 N–H and O–H groups in total. The molecule has 1 atom stereocenters. The summed E-state index contributed by atoms with van der Waals surface area (Å²) in [5.41, 5.74) is 0. The average molecular weight is 255 g/mol. The van der Waals surface area contributed by atoms with Crippen LogP contribution in [0.15, 0.2) is 0 Å². The molecule has 1 fully saturated rings. The SMILES string of the molecule is CCNC1CCN(CCN(C(C)C)C(C)C)C1=O. The molecular formula is C14H29N3O. The Kier molecular flexibility index (Phi) is 6.09. The van der Waals surface area contributed by atoms with Gasteiger partial charge in [-0.15, -0.1) is 0 Å². The van der Waals surface area contributed by atoms with Crippen LogP contribution in [0.25, 0.3) is 0 Å². The van der Waals surface area contributed by atoms with Crippen molar-refractivity contribution >= 4 is 5.91 Å². The lowest BCUT2D eigenvalue weighted by atomic mass is 10.2. The Morgan fingerprint density at radius 2 is 1.94 bits per heavy atom. The van der Waals surface area contributed by atoms with Gasteiger partial charge in [0.25, 0.3) is 0 Å². The lowest BCUT2D eigenvalue weighted by Crippen LogP contribution is -2.44. The van der Waals surface area contributed by atoms with Crippen LogP contribution >= 0.6 is 0 Å². The van der Waals surface area contributed by atoms with Crippen molar-refractivity contribution in [3.63, 3.8) is 0 Å². The Labute approximate surface area is 112 Å². The van der Waals surface area contributed by atoms with E-state index in [2.05, 4.69) is 44.8 Å². The molecule has 0 radical (unpaired) electrons. The van der Waals surface area contributed by atoms with Gasteiger partial charge in [-0.2, -0.15) is 0 Å². The summed E-state index contributed by atoms with van der Waals surface area (Å²) in [5.74, 6) is 0.282. The van der Waals surface area contributed by atoms with Crippen molar-refractivity contribution < 1.29 is 4.79 Å². The maximum absolute atomic E-state index is 12.1. The quantitative estimate of drug-likeness (QED) is 0.745. The second-order valence-corrected chi connectivity index (χ2v) is 5.65. The first-order valence-corrected chi connectivity index (χ1v) is 7.25. The van der Waals surface area contributed by atoms with Crippen LogP contribution < -0.4 is 5.32 Å². The van der Waals surface area contributed by atoms with Crippen molar-refractivity contribution in [1.82, 2.24) is 15.1 Å². The number of nitrogens with zero attached hydrogens (tertiary/aromatic N) is 2. The highest BCUT2D eigenvalue weighted by atomic mass is 16.2. The molecule has 1 saturated heterocycles. The van der Waals surface area contributed by atoms with E-state index in [1.165, 1.54) is 0 Å². The molecule has 0 aromatic carbocycles. The largest absolute Gasteiger partial charge is 0.340 e. The topological polar surface area (TPSA) is 35.6 Å². The Bertz CT molecular complexity index is 258. The zero-order valence-electron chi connectivity index (χ0n) is 12.6. The van der Waals surface area contributed by atoms with Gasteiger partial charge in [0.15, 0.2) is 0 Å². The van der Waals surface area contributed by atoms with Gasteiger partial charge in [-0.05, 0) is 40.7 Å². The van der Waals surface area contributed by atoms with Gasteiger partial charge in [0.05, 0.1) is 6.04 Å². The van der Waals surface area contributed by atoms with Gasteiger partial charge in [-0.25, -0.2) is 0 Å². The van der Waals surface area contributed by atoms with Crippen LogP contribution in [-0.4, -0.2) is 60.0 Å². The van der Waals surface area contributed by atoms with Crippen LogP contribution in [0.4, 0.5) is 0 Å². The molecule has 18 heavy (non-hydrogen) atoms. The number of likely N-dealkylation sites (tertiary alicyclic amines) is 1. The Hall–Kier alpha value is -0.610. The van der Waals surface area contributed by atoms with Crippen LogP contribution in [0, 0.1) is 0 Å². The second kappa shape index (κ2) is 7.10. The van der Waals surface area contributed by atoms with E-state index in [0.29, 0.717) is 12.1 Å². The highest BCUT2D eigenvalue weighted by molar-refractivity contribution is 5.83. The third kappa shape index (κ3) is 3.95. The lowest BCUT2D eigenvalue weighted by molar-refractivity contribution is -0.129. The van der Waals surface area contributed by atoms with Crippen LogP contribution in [0.1, 0.15) is 41.0 Å². The maximum atomic E-state index is 12.1. The van der Waals surface area contributed by atoms with E-state index >= 15 is 0 Å². The van der Waals surface area contributed by atoms with E-state index in [0.717, 1.165) is 32.6 Å². The summed E-state index contributed by atoms with van der Waals surface area (Å²) >= 11 is 0. The lowest BCUT2D eigenvalue weighted by Gasteiger charge is -2.32. The zero-order valence-corrected chi connectivity index (χ0v) is 12.6. The van der Waals surface area contributed by atoms with Crippen molar-refractivity contribution in [2.75, 3.05) is 26.2 Å². The van der Waals surface area contributed by atoms with Crippen LogP contribution in [0.2, 0.25) is 0 Å². The van der Waals surface area contributed by atoms with Gasteiger partial charge in [0.1, 0.15) is 0 Å². The Morgan fingerprint density at radius 1 is 1.33 bits per heavy atom. The highest BCUT2D eigenvalue weighted by Gasteiger charge is 2.30. The zero-order chi connectivity index (χ0) is 13.7. The number of nitrogens with one attached hydrogen (secondary N) is 1. The monoisotopic (exact) mass is 255 g/mol. The molecule has 0 aromatic heterocycles. The first-order chi connectivity index (χ1) is 8.47. The molecule has 4 nitrogen and oxygen atoms in total. The van der Waals surface area contributed by atoms with Crippen LogP contribution in [-0.2, 0) is 4.79 Å². The minimum atomic E-state index is 0.0570. The van der Waals surface area contributed by atoms with Crippen molar-refractivity contribution in [3.8, 4) is 0 Å². The smallest absolute Gasteiger partial charge is 0.239 e. The number of hydrogen-bond acceptors (Lipinski definition) is 3. The molecular weight excluding hydrogens is 226 g/mol. The van der Waals surface area contributed by atoms with Gasteiger partial charge in [-0.3, -0.25) is 9.69 Å². The minimum Gasteiger partial charge on any atom is -0.340 e. The predicted octanol–water partition coefficient (Wildman–Crippen LogP) is 1.32. The first kappa shape index (κ1) is 15.4. The highest BCUT2D eigenvalue weighted by Crippen LogP contribution is 2.12. The van der Waals surface area contributed by atoms with Gasteiger partial charge in [-0.1, -0.05) is 6.92 Å². The number of carbonyl (C=O) groups is 1. The maximum Gasteiger partial charge on any atom is 0.239 e. The fourth-order valence-electron chi connectivity index (χ4n) is 2.75. The number of rotatable bonds is 7. The molecule has 1 rings (SSSR count). The Balaban J connectivity index is 2.42. The van der Waals surface area contributed by atoms with Crippen LogP contribution in [0.5, 0.6) is 0 Å². The summed E-state index contributed by atoms with van der Waals surface area (Å²) in [4.78, 5) is 16.5. The van der Waals surface area contributed by atoms with E-state index in [1.54, 1.807) is 0 Å². The molecule has 0 aliphatic carbocycles. The van der Waals surface area contributed by atoms with E-state index in [1.807, 2.05) is 4.90 Å². The van der Waals surface area contributed by atoms with Gasteiger partial charge >= 0.3 is 0 Å². The molecule has 106 valence electrons. The number of carbonyl (C=O) groups excluding carboxylic acids is 1. The molecule has 1 unspecified atom stereocenters. The molecule has 1 amide bonds. The molecule has 0 bridgehead atoms. The molecule has 1 heterocycles. The molecule has 0 aromatic rings. The molecule has 4 heteroatoms. The van der Waals surface area contributed by atoms with Crippen molar-refractivity contribution in [2.24, 2.45) is 0 Å². The summed E-state index contributed by atoms with van der Waals surface area (Å²) < 4.78 is 0. The second-order valence-electron chi connectivity index (χ2n) is 5.65. The summed E-state index contributed by atoms with van der Waals surface area (Å²) in [6, 6.07) is 1.13. The van der Waals surface area contributed by atoms with Gasteiger partial charge in [0, 0.05) is 31.7 Å². The third-order valence-electron chi connectivity index (χ3n) is 3.70. The minimum absolute atomic E-state index is 0.0570. The first-order valence-electron chi connectivity index (χ1n) is 7.25. The predicted molar refractivity (Wildman–Crippen MR) is 75.6 cm³/mol. The van der Waals surface area contributed by atoms with Crippen molar-refractivity contribution in [1.29, 1.82) is 0 Å².